The second kappa shape index (κ2) is 18.4. The molecule has 3 amide bonds. The van der Waals surface area contributed by atoms with Gasteiger partial charge in [0.25, 0.3) is 0 Å². The normalized spacial score (nSPS) is 10.2. The summed E-state index contributed by atoms with van der Waals surface area (Å²) in [7, 11) is 1.73. The topological polar surface area (TPSA) is 113 Å². The maximum Gasteiger partial charge on any atom is 0.312 e. The number of amides is 3. The van der Waals surface area contributed by atoms with Crippen LogP contribution < -0.4 is 21.7 Å². The second-order valence-electron chi connectivity index (χ2n) is 4.21. The number of hydrogen-bond acceptors (Lipinski definition) is 4. The number of nitrogens with one attached hydrogen (secondary N) is 3. The van der Waals surface area contributed by atoms with Crippen LogP contribution in [0.4, 0.5) is 4.79 Å². The first-order valence-corrected chi connectivity index (χ1v) is 7.32. The minimum Gasteiger partial charge on any atom is -0.352 e. The van der Waals surface area contributed by atoms with Crippen molar-refractivity contribution in [1.82, 2.24) is 16.0 Å². The van der Waals surface area contributed by atoms with Crippen molar-refractivity contribution in [2.45, 2.75) is 47.1 Å². The summed E-state index contributed by atoms with van der Waals surface area (Å²) in [4.78, 5) is 31.1. The minimum atomic E-state index is -0.443. The summed E-state index contributed by atoms with van der Waals surface area (Å²) < 4.78 is 0. The molecule has 0 saturated carbocycles. The Kier molecular flexibility index (Phi) is 21.3. The lowest BCUT2D eigenvalue weighted by Gasteiger charge is -2.18. The van der Waals surface area contributed by atoms with Crippen molar-refractivity contribution >= 4 is 18.2 Å². The smallest absolute Gasteiger partial charge is 0.312 e. The first-order valence-electron chi connectivity index (χ1n) is 7.32. The average Bonchev–Trinajstić information content (AvgIpc) is 2.46. The standard InChI is InChI=1S/C8H16N2O2.C4H10N2O.C2H6/c1-6(2)7(9-3)8(12)10-4-5-11;1-2-3-6-4(5)7;1-2/h5-7,9H,4H2,1-3H3,(H,10,12);2-3H2,1H3,(H3,5,6,7);1-2H3. The van der Waals surface area contributed by atoms with Gasteiger partial charge in [-0.25, -0.2) is 4.79 Å². The number of hydrogen-bond donors (Lipinski definition) is 4. The molecule has 0 aromatic carbocycles. The van der Waals surface area contributed by atoms with Crippen LogP contribution in [-0.2, 0) is 9.59 Å². The molecule has 0 aliphatic rings. The van der Waals surface area contributed by atoms with E-state index in [4.69, 9.17) is 5.73 Å². The molecule has 0 aliphatic heterocycles. The molecular weight excluding hydrogens is 272 g/mol. The Bertz CT molecular complexity index is 271. The number of nitrogens with two attached hydrogens (primary N) is 1. The molecule has 0 aromatic heterocycles. The molecule has 1 unspecified atom stereocenters. The van der Waals surface area contributed by atoms with Crippen LogP contribution in [0.3, 0.4) is 0 Å². The van der Waals surface area contributed by atoms with Gasteiger partial charge in [0.2, 0.25) is 5.91 Å². The highest BCUT2D eigenvalue weighted by atomic mass is 16.2. The third-order valence-corrected chi connectivity index (χ3v) is 2.17. The molecule has 0 saturated heterocycles. The van der Waals surface area contributed by atoms with E-state index >= 15 is 0 Å². The van der Waals surface area contributed by atoms with Crippen LogP contribution in [0.5, 0.6) is 0 Å². The maximum atomic E-state index is 11.2. The van der Waals surface area contributed by atoms with Crippen LogP contribution in [0.25, 0.3) is 0 Å². The van der Waals surface area contributed by atoms with Crippen LogP contribution in [0.1, 0.15) is 41.0 Å². The zero-order valence-corrected chi connectivity index (χ0v) is 14.2. The number of primary amides is 1. The Hall–Kier alpha value is -1.63. The largest absolute Gasteiger partial charge is 0.352 e. The van der Waals surface area contributed by atoms with Gasteiger partial charge in [0.15, 0.2) is 0 Å². The molecule has 0 bridgehead atoms. The quantitative estimate of drug-likeness (QED) is 0.517. The lowest BCUT2D eigenvalue weighted by Crippen LogP contribution is -2.46. The molecule has 0 heterocycles. The van der Waals surface area contributed by atoms with Gasteiger partial charge in [0, 0.05) is 6.54 Å². The number of carbonyl (C=O) groups is 3. The SMILES string of the molecule is CC.CCCNC(N)=O.CNC(C(=O)NCC=O)C(C)C. The van der Waals surface area contributed by atoms with Gasteiger partial charge < -0.3 is 26.5 Å². The van der Waals surface area contributed by atoms with Gasteiger partial charge in [-0.05, 0) is 19.4 Å². The fourth-order valence-corrected chi connectivity index (χ4v) is 1.27. The van der Waals surface area contributed by atoms with Crippen molar-refractivity contribution in [2.24, 2.45) is 11.7 Å². The van der Waals surface area contributed by atoms with Crippen LogP contribution in [0, 0.1) is 5.92 Å². The maximum absolute atomic E-state index is 11.2. The lowest BCUT2D eigenvalue weighted by molar-refractivity contribution is -0.125. The Morgan fingerprint density at radius 3 is 1.95 bits per heavy atom. The van der Waals surface area contributed by atoms with Gasteiger partial charge in [0.1, 0.15) is 6.29 Å². The molecule has 0 aromatic rings. The van der Waals surface area contributed by atoms with Crippen molar-refractivity contribution in [3.63, 3.8) is 0 Å². The van der Waals surface area contributed by atoms with E-state index in [0.29, 0.717) is 12.8 Å². The predicted octanol–water partition coefficient (Wildman–Crippen LogP) is 0.636. The molecule has 0 radical (unpaired) electrons. The lowest BCUT2D eigenvalue weighted by atomic mass is 10.0. The average molecular weight is 304 g/mol. The Morgan fingerprint density at radius 2 is 1.71 bits per heavy atom. The van der Waals surface area contributed by atoms with E-state index in [9.17, 15) is 14.4 Å². The highest BCUT2D eigenvalue weighted by Gasteiger charge is 2.18. The molecule has 7 heteroatoms. The fourth-order valence-electron chi connectivity index (χ4n) is 1.27. The van der Waals surface area contributed by atoms with E-state index in [2.05, 4.69) is 16.0 Å². The van der Waals surface area contributed by atoms with Gasteiger partial charge in [-0.3, -0.25) is 4.79 Å². The van der Waals surface area contributed by atoms with Gasteiger partial charge in [-0.1, -0.05) is 34.6 Å². The summed E-state index contributed by atoms with van der Waals surface area (Å²) in [5.41, 5.74) is 4.73. The zero-order valence-electron chi connectivity index (χ0n) is 14.2. The van der Waals surface area contributed by atoms with E-state index in [0.717, 1.165) is 6.42 Å². The van der Waals surface area contributed by atoms with Gasteiger partial charge in [0.05, 0.1) is 12.6 Å². The first-order chi connectivity index (χ1) is 9.90. The molecule has 1 atom stereocenters. The molecular formula is C14H32N4O3. The Morgan fingerprint density at radius 1 is 1.19 bits per heavy atom. The van der Waals surface area contributed by atoms with Crippen LogP contribution >= 0.6 is 0 Å². The number of urea groups is 1. The summed E-state index contributed by atoms with van der Waals surface area (Å²) in [5, 5.41) is 7.81. The molecule has 0 rings (SSSR count). The summed E-state index contributed by atoms with van der Waals surface area (Å²) in [6.45, 7) is 10.6. The van der Waals surface area contributed by atoms with E-state index in [1.165, 1.54) is 0 Å². The molecule has 0 fully saturated rings. The highest BCUT2D eigenvalue weighted by Crippen LogP contribution is 1.99. The summed E-state index contributed by atoms with van der Waals surface area (Å²) >= 11 is 0. The zero-order chi connectivity index (χ0) is 17.3. The van der Waals surface area contributed by atoms with Crippen LogP contribution in [0.2, 0.25) is 0 Å². The summed E-state index contributed by atoms with van der Waals surface area (Å²) in [6.07, 6.45) is 1.61. The highest BCUT2D eigenvalue weighted by molar-refractivity contribution is 5.83. The summed E-state index contributed by atoms with van der Waals surface area (Å²) in [6, 6.07) is -0.660. The molecule has 0 spiro atoms. The third kappa shape index (κ3) is 18.4. The number of rotatable bonds is 7. The van der Waals surface area contributed by atoms with Crippen molar-refractivity contribution in [3.05, 3.63) is 0 Å². The Labute approximate surface area is 128 Å². The van der Waals surface area contributed by atoms with E-state index in [1.807, 2.05) is 34.6 Å². The van der Waals surface area contributed by atoms with Crippen molar-refractivity contribution < 1.29 is 14.4 Å². The van der Waals surface area contributed by atoms with E-state index < -0.39 is 6.03 Å². The van der Waals surface area contributed by atoms with Crippen molar-refractivity contribution in [2.75, 3.05) is 20.1 Å². The van der Waals surface area contributed by atoms with Crippen LogP contribution in [-0.4, -0.2) is 44.4 Å². The first kappa shape index (κ1) is 24.4. The molecule has 126 valence electrons. The predicted molar refractivity (Wildman–Crippen MR) is 86.0 cm³/mol. The number of carbonyl (C=O) groups excluding carboxylic acids is 3. The Balaban J connectivity index is -0.000000307. The van der Waals surface area contributed by atoms with Crippen molar-refractivity contribution in [1.29, 1.82) is 0 Å². The second-order valence-corrected chi connectivity index (χ2v) is 4.21. The molecule has 0 aliphatic carbocycles. The number of aldehydes is 1. The van der Waals surface area contributed by atoms with Crippen LogP contribution in [0.15, 0.2) is 0 Å². The molecule has 21 heavy (non-hydrogen) atoms. The van der Waals surface area contributed by atoms with Gasteiger partial charge in [-0.2, -0.15) is 0 Å². The van der Waals surface area contributed by atoms with E-state index in [-0.39, 0.29) is 24.4 Å². The monoisotopic (exact) mass is 304 g/mol. The van der Waals surface area contributed by atoms with E-state index in [1.54, 1.807) is 7.05 Å². The molecule has 7 nitrogen and oxygen atoms in total. The van der Waals surface area contributed by atoms with Crippen molar-refractivity contribution in [3.8, 4) is 0 Å². The minimum absolute atomic E-state index is 0.0870. The third-order valence-electron chi connectivity index (χ3n) is 2.17. The number of likely N-dealkylation sites (N-methyl/N-ethyl adjacent to an activating group) is 1. The van der Waals surface area contributed by atoms with Gasteiger partial charge in [-0.15, -0.1) is 0 Å². The summed E-state index contributed by atoms with van der Waals surface area (Å²) in [5.74, 6) is 0.0984. The fraction of sp³-hybridized carbons (Fsp3) is 0.786. The molecule has 5 N–H and O–H groups in total. The van der Waals surface area contributed by atoms with Gasteiger partial charge >= 0.3 is 6.03 Å².